The molecule has 30 heavy (non-hydrogen) atoms. The van der Waals surface area contributed by atoms with Gasteiger partial charge in [0.2, 0.25) is 5.88 Å². The second-order valence-corrected chi connectivity index (χ2v) is 6.85. The van der Waals surface area contributed by atoms with Gasteiger partial charge in [-0.2, -0.15) is 0 Å². The van der Waals surface area contributed by atoms with Gasteiger partial charge in [-0.1, -0.05) is 25.1 Å². The standard InChI is InChI=1S/C23H34N4O3/c1-5-11-29-21-14-18(3)7-9-20(21)17-27-23(24-6-2)26-16-19-8-10-22(25-15-19)30-13-12-28-4/h7-10,14-15H,5-6,11-13,16-17H2,1-4H3,(H2,24,26,27). The van der Waals surface area contributed by atoms with Crippen molar-refractivity contribution in [3.8, 4) is 11.6 Å². The maximum absolute atomic E-state index is 5.91. The van der Waals surface area contributed by atoms with Crippen molar-refractivity contribution >= 4 is 5.96 Å². The Hall–Kier alpha value is -2.80. The predicted octanol–water partition coefficient (Wildman–Crippen LogP) is 3.46. The van der Waals surface area contributed by atoms with Crippen molar-refractivity contribution in [3.63, 3.8) is 0 Å². The Balaban J connectivity index is 1.96. The van der Waals surface area contributed by atoms with Crippen LogP contribution >= 0.6 is 0 Å². The van der Waals surface area contributed by atoms with E-state index in [0.29, 0.717) is 38.8 Å². The fraction of sp³-hybridized carbons (Fsp3) is 0.478. The van der Waals surface area contributed by atoms with Crippen LogP contribution in [0.1, 0.15) is 37.0 Å². The van der Waals surface area contributed by atoms with Gasteiger partial charge in [-0.25, -0.2) is 9.98 Å². The van der Waals surface area contributed by atoms with Gasteiger partial charge in [0.25, 0.3) is 0 Å². The number of aryl methyl sites for hydroxylation is 1. The molecule has 0 atom stereocenters. The number of aromatic nitrogens is 1. The number of nitrogens with one attached hydrogen (secondary N) is 2. The van der Waals surface area contributed by atoms with Crippen LogP contribution in [-0.4, -0.2) is 44.4 Å². The number of hydrogen-bond donors (Lipinski definition) is 2. The summed E-state index contributed by atoms with van der Waals surface area (Å²) in [6, 6.07) is 10.1. The number of pyridine rings is 1. The molecule has 1 heterocycles. The molecule has 0 saturated heterocycles. The van der Waals surface area contributed by atoms with E-state index in [1.54, 1.807) is 13.3 Å². The van der Waals surface area contributed by atoms with E-state index in [4.69, 9.17) is 14.2 Å². The Kier molecular flexibility index (Phi) is 10.5. The molecule has 7 nitrogen and oxygen atoms in total. The van der Waals surface area contributed by atoms with Gasteiger partial charge in [-0.05, 0) is 37.5 Å². The van der Waals surface area contributed by atoms with Crippen molar-refractivity contribution in [1.82, 2.24) is 15.6 Å². The highest BCUT2D eigenvalue weighted by atomic mass is 16.5. The zero-order valence-electron chi connectivity index (χ0n) is 18.5. The fourth-order valence-electron chi connectivity index (χ4n) is 2.66. The molecule has 0 radical (unpaired) electrons. The van der Waals surface area contributed by atoms with Crippen LogP contribution in [0.5, 0.6) is 11.6 Å². The van der Waals surface area contributed by atoms with Crippen LogP contribution in [-0.2, 0) is 17.8 Å². The summed E-state index contributed by atoms with van der Waals surface area (Å²) in [5.41, 5.74) is 3.31. The summed E-state index contributed by atoms with van der Waals surface area (Å²) in [7, 11) is 1.64. The van der Waals surface area contributed by atoms with Crippen LogP contribution in [0.2, 0.25) is 0 Å². The highest BCUT2D eigenvalue weighted by Crippen LogP contribution is 2.20. The molecule has 1 aromatic carbocycles. The number of benzene rings is 1. The smallest absolute Gasteiger partial charge is 0.213 e. The molecule has 0 spiro atoms. The lowest BCUT2D eigenvalue weighted by molar-refractivity contribution is 0.143. The molecule has 0 aliphatic carbocycles. The molecule has 2 aromatic rings. The molecule has 0 unspecified atom stereocenters. The van der Waals surface area contributed by atoms with Gasteiger partial charge in [0.15, 0.2) is 5.96 Å². The zero-order valence-corrected chi connectivity index (χ0v) is 18.5. The molecule has 2 rings (SSSR count). The van der Waals surface area contributed by atoms with Gasteiger partial charge >= 0.3 is 0 Å². The summed E-state index contributed by atoms with van der Waals surface area (Å²) in [4.78, 5) is 8.98. The lowest BCUT2D eigenvalue weighted by Gasteiger charge is -2.15. The van der Waals surface area contributed by atoms with E-state index < -0.39 is 0 Å². The molecule has 2 N–H and O–H groups in total. The Morgan fingerprint density at radius 1 is 1.03 bits per heavy atom. The molecular weight excluding hydrogens is 380 g/mol. The minimum absolute atomic E-state index is 0.485. The van der Waals surface area contributed by atoms with E-state index >= 15 is 0 Å². The van der Waals surface area contributed by atoms with Crippen molar-refractivity contribution in [2.75, 3.05) is 33.5 Å². The van der Waals surface area contributed by atoms with Crippen LogP contribution in [0, 0.1) is 6.92 Å². The SMILES string of the molecule is CCCOc1cc(C)ccc1CNC(=NCc1ccc(OCCOC)nc1)NCC. The van der Waals surface area contributed by atoms with E-state index in [9.17, 15) is 0 Å². The number of aliphatic imine (C=N–C) groups is 1. The quantitative estimate of drug-likeness (QED) is 0.315. The largest absolute Gasteiger partial charge is 0.493 e. The van der Waals surface area contributed by atoms with E-state index in [1.807, 2.05) is 19.1 Å². The number of guanidine groups is 1. The third-order valence-electron chi connectivity index (χ3n) is 4.23. The first-order valence-corrected chi connectivity index (χ1v) is 10.5. The average molecular weight is 415 g/mol. The molecular formula is C23H34N4O3. The summed E-state index contributed by atoms with van der Waals surface area (Å²) in [6.07, 6.45) is 2.76. The van der Waals surface area contributed by atoms with Crippen molar-refractivity contribution in [2.24, 2.45) is 4.99 Å². The zero-order chi connectivity index (χ0) is 21.6. The van der Waals surface area contributed by atoms with Gasteiger partial charge in [-0.15, -0.1) is 0 Å². The van der Waals surface area contributed by atoms with Crippen LogP contribution in [0.4, 0.5) is 0 Å². The summed E-state index contributed by atoms with van der Waals surface area (Å²) in [5.74, 6) is 2.26. The van der Waals surface area contributed by atoms with Crippen LogP contribution in [0.3, 0.4) is 0 Å². The molecule has 164 valence electrons. The fourth-order valence-corrected chi connectivity index (χ4v) is 2.66. The first kappa shape index (κ1) is 23.5. The monoisotopic (exact) mass is 414 g/mol. The van der Waals surface area contributed by atoms with Gasteiger partial charge in [0.1, 0.15) is 12.4 Å². The molecule has 0 bridgehead atoms. The van der Waals surface area contributed by atoms with Crippen LogP contribution in [0.25, 0.3) is 0 Å². The summed E-state index contributed by atoms with van der Waals surface area (Å²) >= 11 is 0. The summed E-state index contributed by atoms with van der Waals surface area (Å²) in [5, 5.41) is 6.67. The Labute approximate surface area is 179 Å². The molecule has 0 aliphatic rings. The molecule has 1 aromatic heterocycles. The minimum Gasteiger partial charge on any atom is -0.493 e. The first-order chi connectivity index (χ1) is 14.7. The molecule has 0 saturated carbocycles. The number of hydrogen-bond acceptors (Lipinski definition) is 5. The van der Waals surface area contributed by atoms with E-state index in [1.165, 1.54) is 5.56 Å². The highest BCUT2D eigenvalue weighted by Gasteiger charge is 2.06. The maximum Gasteiger partial charge on any atom is 0.213 e. The first-order valence-electron chi connectivity index (χ1n) is 10.5. The molecule has 7 heteroatoms. The third-order valence-corrected chi connectivity index (χ3v) is 4.23. The predicted molar refractivity (Wildman–Crippen MR) is 120 cm³/mol. The lowest BCUT2D eigenvalue weighted by atomic mass is 10.1. The maximum atomic E-state index is 5.91. The highest BCUT2D eigenvalue weighted by molar-refractivity contribution is 5.79. The average Bonchev–Trinajstić information content (AvgIpc) is 2.76. The van der Waals surface area contributed by atoms with Gasteiger partial charge in [0, 0.05) is 38.0 Å². The Morgan fingerprint density at radius 3 is 2.60 bits per heavy atom. The minimum atomic E-state index is 0.485. The summed E-state index contributed by atoms with van der Waals surface area (Å²) in [6.45, 7) is 9.90. The van der Waals surface area contributed by atoms with E-state index in [0.717, 1.165) is 35.8 Å². The van der Waals surface area contributed by atoms with Gasteiger partial charge in [0.05, 0.1) is 19.8 Å². The van der Waals surface area contributed by atoms with Gasteiger partial charge in [-0.3, -0.25) is 0 Å². The lowest BCUT2D eigenvalue weighted by Crippen LogP contribution is -2.36. The topological polar surface area (TPSA) is 77.0 Å². The Morgan fingerprint density at radius 2 is 1.90 bits per heavy atom. The normalized spacial score (nSPS) is 11.3. The number of ether oxygens (including phenoxy) is 3. The number of methoxy groups -OCH3 is 1. The van der Waals surface area contributed by atoms with Crippen LogP contribution < -0.4 is 20.1 Å². The number of nitrogens with zero attached hydrogens (tertiary/aromatic N) is 2. The third kappa shape index (κ3) is 8.29. The van der Waals surface area contributed by atoms with Gasteiger partial charge < -0.3 is 24.8 Å². The summed E-state index contributed by atoms with van der Waals surface area (Å²) < 4.78 is 16.4. The molecule has 0 fully saturated rings. The van der Waals surface area contributed by atoms with E-state index in [2.05, 4.69) is 52.7 Å². The van der Waals surface area contributed by atoms with Crippen LogP contribution in [0.15, 0.2) is 41.5 Å². The second-order valence-electron chi connectivity index (χ2n) is 6.85. The molecule has 0 aliphatic heterocycles. The molecule has 0 amide bonds. The van der Waals surface area contributed by atoms with Crippen molar-refractivity contribution in [2.45, 2.75) is 40.3 Å². The van der Waals surface area contributed by atoms with Crippen molar-refractivity contribution < 1.29 is 14.2 Å². The number of rotatable bonds is 12. The van der Waals surface area contributed by atoms with E-state index in [-0.39, 0.29) is 0 Å². The van der Waals surface area contributed by atoms with Crippen molar-refractivity contribution in [1.29, 1.82) is 0 Å². The Bertz CT molecular complexity index is 779. The van der Waals surface area contributed by atoms with Crippen molar-refractivity contribution in [3.05, 3.63) is 53.2 Å². The second kappa shape index (κ2) is 13.4.